The summed E-state index contributed by atoms with van der Waals surface area (Å²) in [5.41, 5.74) is 5.66. The van der Waals surface area contributed by atoms with E-state index in [1.54, 1.807) is 6.20 Å². The average molecular weight is 258 g/mol. The number of sulfone groups is 1. The Balaban J connectivity index is 2.19. The van der Waals surface area contributed by atoms with Gasteiger partial charge in [0.25, 0.3) is 0 Å². The normalized spacial score (nSPS) is 25.6. The summed E-state index contributed by atoms with van der Waals surface area (Å²) in [4.78, 5) is 4.09. The second-order valence-corrected chi connectivity index (χ2v) is 7.00. The summed E-state index contributed by atoms with van der Waals surface area (Å²) in [5, 5.41) is -0.557. The fourth-order valence-electron chi connectivity index (χ4n) is 2.12. The molecule has 1 aromatic rings. The Hall–Kier alpha value is -0.880. The minimum Gasteiger partial charge on any atom is -0.444 e. The number of nitrogens with zero attached hydrogens (tertiary/aromatic N) is 1. The van der Waals surface area contributed by atoms with Crippen LogP contribution in [-0.2, 0) is 16.3 Å². The Morgan fingerprint density at radius 2 is 2.35 bits per heavy atom. The van der Waals surface area contributed by atoms with Crippen molar-refractivity contribution in [3.05, 3.63) is 17.8 Å². The third-order valence-corrected chi connectivity index (χ3v) is 5.11. The van der Waals surface area contributed by atoms with Gasteiger partial charge < -0.3 is 10.2 Å². The molecule has 0 amide bonds. The molecule has 0 bridgehead atoms. The van der Waals surface area contributed by atoms with E-state index in [-0.39, 0.29) is 11.8 Å². The van der Waals surface area contributed by atoms with Crippen LogP contribution < -0.4 is 5.73 Å². The van der Waals surface area contributed by atoms with Crippen LogP contribution in [0, 0.1) is 0 Å². The van der Waals surface area contributed by atoms with Gasteiger partial charge in [0.1, 0.15) is 11.0 Å². The fraction of sp³-hybridized carbons (Fsp3) is 0.727. The Labute approximate surface area is 101 Å². The number of aromatic nitrogens is 1. The van der Waals surface area contributed by atoms with Crippen molar-refractivity contribution >= 4 is 9.84 Å². The lowest BCUT2D eigenvalue weighted by atomic mass is 10.2. The molecule has 1 saturated heterocycles. The second kappa shape index (κ2) is 4.78. The third-order valence-electron chi connectivity index (χ3n) is 2.95. The van der Waals surface area contributed by atoms with Crippen LogP contribution in [0.15, 0.2) is 10.6 Å². The molecule has 6 heteroatoms. The molecule has 1 aliphatic heterocycles. The molecule has 96 valence electrons. The summed E-state index contributed by atoms with van der Waals surface area (Å²) in [5.74, 6) is 1.24. The van der Waals surface area contributed by atoms with E-state index in [1.807, 2.05) is 6.92 Å². The van der Waals surface area contributed by atoms with E-state index < -0.39 is 15.1 Å². The van der Waals surface area contributed by atoms with E-state index >= 15 is 0 Å². The van der Waals surface area contributed by atoms with Crippen LogP contribution in [0.3, 0.4) is 0 Å². The molecule has 0 aromatic carbocycles. The molecule has 17 heavy (non-hydrogen) atoms. The van der Waals surface area contributed by atoms with Gasteiger partial charge in [-0.15, -0.1) is 0 Å². The van der Waals surface area contributed by atoms with Crippen LogP contribution in [0.25, 0.3) is 0 Å². The molecule has 0 radical (unpaired) electrons. The Bertz CT molecular complexity index is 479. The molecule has 1 aliphatic rings. The number of hydrogen-bond acceptors (Lipinski definition) is 5. The van der Waals surface area contributed by atoms with Gasteiger partial charge in [0, 0.05) is 12.5 Å². The maximum absolute atomic E-state index is 11.9. The first-order valence-electron chi connectivity index (χ1n) is 5.91. The Morgan fingerprint density at radius 1 is 1.59 bits per heavy atom. The molecule has 0 spiro atoms. The van der Waals surface area contributed by atoms with Crippen LogP contribution >= 0.6 is 0 Å². The molecule has 1 fully saturated rings. The largest absolute Gasteiger partial charge is 0.444 e. The van der Waals surface area contributed by atoms with E-state index in [2.05, 4.69) is 4.98 Å². The minimum absolute atomic E-state index is 0.0150. The second-order valence-electron chi connectivity index (χ2n) is 4.70. The van der Waals surface area contributed by atoms with Crippen LogP contribution in [0.4, 0.5) is 0 Å². The van der Waals surface area contributed by atoms with Crippen molar-refractivity contribution in [3.63, 3.8) is 0 Å². The summed E-state index contributed by atoms with van der Waals surface area (Å²) in [6.45, 7) is 1.87. The molecule has 2 heterocycles. The fourth-order valence-corrected chi connectivity index (χ4v) is 3.95. The average Bonchev–Trinajstić information content (AvgIpc) is 2.64. The van der Waals surface area contributed by atoms with Gasteiger partial charge in [0.05, 0.1) is 11.9 Å². The molecule has 2 N–H and O–H groups in total. The van der Waals surface area contributed by atoms with Crippen molar-refractivity contribution in [2.24, 2.45) is 5.73 Å². The number of nitrogens with two attached hydrogens (primary N) is 1. The van der Waals surface area contributed by atoms with Gasteiger partial charge in [-0.2, -0.15) is 0 Å². The lowest BCUT2D eigenvalue weighted by Crippen LogP contribution is -2.21. The zero-order valence-electron chi connectivity index (χ0n) is 9.93. The molecular weight excluding hydrogens is 240 g/mol. The predicted molar refractivity (Wildman–Crippen MR) is 64.2 cm³/mol. The summed E-state index contributed by atoms with van der Waals surface area (Å²) in [6, 6.07) is -0.0150. The van der Waals surface area contributed by atoms with E-state index in [9.17, 15) is 8.42 Å². The van der Waals surface area contributed by atoms with E-state index in [4.69, 9.17) is 10.2 Å². The first-order valence-corrected chi connectivity index (χ1v) is 7.62. The molecule has 2 atom stereocenters. The standard InChI is InChI=1S/C11H18N2O3S/c1-8(12)6-9-7-13-11(16-9)10-4-2-3-5-17(10,14)15/h7-8,10H,2-6,12H2,1H3. The van der Waals surface area contributed by atoms with Crippen molar-refractivity contribution < 1.29 is 12.8 Å². The van der Waals surface area contributed by atoms with Crippen molar-refractivity contribution in [1.29, 1.82) is 0 Å². The zero-order valence-corrected chi connectivity index (χ0v) is 10.7. The molecule has 0 aliphatic carbocycles. The number of rotatable bonds is 3. The highest BCUT2D eigenvalue weighted by atomic mass is 32.2. The predicted octanol–water partition coefficient (Wildman–Crippen LogP) is 1.20. The third kappa shape index (κ3) is 2.87. The molecular formula is C11H18N2O3S. The van der Waals surface area contributed by atoms with Gasteiger partial charge in [0.2, 0.25) is 5.89 Å². The van der Waals surface area contributed by atoms with E-state index in [0.717, 1.165) is 12.8 Å². The first kappa shape index (κ1) is 12.6. The van der Waals surface area contributed by atoms with Crippen LogP contribution in [0.1, 0.15) is 43.1 Å². The van der Waals surface area contributed by atoms with Gasteiger partial charge in [0.15, 0.2) is 9.84 Å². The smallest absolute Gasteiger partial charge is 0.212 e. The summed E-state index contributed by atoms with van der Waals surface area (Å²) in [7, 11) is -3.08. The summed E-state index contributed by atoms with van der Waals surface area (Å²) in [6.07, 6.45) is 4.43. The Morgan fingerprint density at radius 3 is 3.00 bits per heavy atom. The van der Waals surface area contributed by atoms with E-state index in [0.29, 0.717) is 24.5 Å². The highest BCUT2D eigenvalue weighted by molar-refractivity contribution is 7.91. The maximum atomic E-state index is 11.9. The SMILES string of the molecule is CC(N)Cc1cnc(C2CCCCS2(=O)=O)o1. The summed E-state index contributed by atoms with van der Waals surface area (Å²) < 4.78 is 29.3. The van der Waals surface area contributed by atoms with Crippen LogP contribution in [-0.4, -0.2) is 25.2 Å². The van der Waals surface area contributed by atoms with Crippen molar-refractivity contribution in [2.45, 2.75) is 43.9 Å². The zero-order chi connectivity index (χ0) is 12.5. The topological polar surface area (TPSA) is 86.2 Å². The monoisotopic (exact) mass is 258 g/mol. The Kier molecular flexibility index (Phi) is 3.53. The van der Waals surface area contributed by atoms with Gasteiger partial charge >= 0.3 is 0 Å². The lowest BCUT2D eigenvalue weighted by molar-refractivity contribution is 0.419. The van der Waals surface area contributed by atoms with Crippen molar-refractivity contribution in [3.8, 4) is 0 Å². The highest BCUT2D eigenvalue weighted by Crippen LogP contribution is 2.32. The number of hydrogen-bond donors (Lipinski definition) is 1. The molecule has 2 unspecified atom stereocenters. The van der Waals surface area contributed by atoms with Crippen molar-refractivity contribution in [2.75, 3.05) is 5.75 Å². The first-order chi connectivity index (χ1) is 7.99. The lowest BCUT2D eigenvalue weighted by Gasteiger charge is -2.19. The van der Waals surface area contributed by atoms with Crippen LogP contribution in [0.2, 0.25) is 0 Å². The molecule has 0 saturated carbocycles. The molecule has 5 nitrogen and oxygen atoms in total. The van der Waals surface area contributed by atoms with Crippen molar-refractivity contribution in [1.82, 2.24) is 4.98 Å². The maximum Gasteiger partial charge on any atom is 0.212 e. The number of oxazole rings is 1. The highest BCUT2D eigenvalue weighted by Gasteiger charge is 2.33. The quantitative estimate of drug-likeness (QED) is 0.880. The van der Waals surface area contributed by atoms with Gasteiger partial charge in [-0.1, -0.05) is 6.42 Å². The molecule has 1 aromatic heterocycles. The van der Waals surface area contributed by atoms with Crippen LogP contribution in [0.5, 0.6) is 0 Å². The van der Waals surface area contributed by atoms with E-state index in [1.165, 1.54) is 0 Å². The molecule has 2 rings (SSSR count). The van der Waals surface area contributed by atoms with Gasteiger partial charge in [-0.25, -0.2) is 13.4 Å². The summed E-state index contributed by atoms with van der Waals surface area (Å²) >= 11 is 0. The van der Waals surface area contributed by atoms with Gasteiger partial charge in [-0.3, -0.25) is 0 Å². The van der Waals surface area contributed by atoms with Gasteiger partial charge in [-0.05, 0) is 19.8 Å². The minimum atomic E-state index is -3.08.